The van der Waals surface area contributed by atoms with E-state index in [2.05, 4.69) is 37.2 Å². The van der Waals surface area contributed by atoms with E-state index in [-0.39, 0.29) is 5.69 Å². The highest BCUT2D eigenvalue weighted by atomic mass is 79.9. The van der Waals surface area contributed by atoms with E-state index in [0.717, 1.165) is 16.1 Å². The fourth-order valence-electron chi connectivity index (χ4n) is 1.74. The van der Waals surface area contributed by atoms with Gasteiger partial charge in [-0.2, -0.15) is 13.2 Å². The largest absolute Gasteiger partial charge is 0.418 e. The highest BCUT2D eigenvalue weighted by Crippen LogP contribution is 2.36. The third-order valence-corrected chi connectivity index (χ3v) is 3.98. The maximum Gasteiger partial charge on any atom is 0.418 e. The maximum atomic E-state index is 13.0. The van der Waals surface area contributed by atoms with Gasteiger partial charge in [0.15, 0.2) is 0 Å². The molecule has 0 unspecified atom stereocenters. The van der Waals surface area contributed by atoms with Crippen LogP contribution < -0.4 is 5.32 Å². The van der Waals surface area contributed by atoms with Gasteiger partial charge in [0, 0.05) is 21.2 Å². The van der Waals surface area contributed by atoms with Crippen LogP contribution in [0.3, 0.4) is 0 Å². The molecule has 1 N–H and O–H groups in total. The lowest BCUT2D eigenvalue weighted by Gasteiger charge is -2.15. The molecule has 6 heteroatoms. The number of benzene rings is 2. The quantitative estimate of drug-likeness (QED) is 0.672. The van der Waals surface area contributed by atoms with Gasteiger partial charge in [-0.25, -0.2) is 0 Å². The molecule has 2 aromatic carbocycles. The van der Waals surface area contributed by atoms with Gasteiger partial charge in [-0.3, -0.25) is 0 Å². The standard InChI is InChI=1S/C14H10Br2F3N/c15-10-5-6-13(11(7-10)14(17,18)19)20-8-9-3-1-2-4-12(9)16/h1-7,20H,8H2. The maximum absolute atomic E-state index is 13.0. The van der Waals surface area contributed by atoms with E-state index in [1.54, 1.807) is 6.07 Å². The lowest BCUT2D eigenvalue weighted by molar-refractivity contribution is -0.137. The number of alkyl halides is 3. The summed E-state index contributed by atoms with van der Waals surface area (Å²) in [7, 11) is 0. The smallest absolute Gasteiger partial charge is 0.380 e. The Bertz CT molecular complexity index is 612. The van der Waals surface area contributed by atoms with Crippen LogP contribution in [-0.2, 0) is 12.7 Å². The van der Waals surface area contributed by atoms with Crippen molar-refractivity contribution in [3.8, 4) is 0 Å². The van der Waals surface area contributed by atoms with Gasteiger partial charge in [0.1, 0.15) is 0 Å². The van der Waals surface area contributed by atoms with Crippen LogP contribution in [0.25, 0.3) is 0 Å². The third kappa shape index (κ3) is 3.76. The van der Waals surface area contributed by atoms with E-state index in [1.807, 2.05) is 24.3 Å². The summed E-state index contributed by atoms with van der Waals surface area (Å²) in [6, 6.07) is 11.5. The Labute approximate surface area is 131 Å². The molecule has 0 aliphatic heterocycles. The van der Waals surface area contributed by atoms with Crippen LogP contribution in [0, 0.1) is 0 Å². The number of nitrogens with one attached hydrogen (secondary N) is 1. The number of hydrogen-bond donors (Lipinski definition) is 1. The molecule has 1 nitrogen and oxygen atoms in total. The molecule has 0 saturated carbocycles. The molecule has 20 heavy (non-hydrogen) atoms. The highest BCUT2D eigenvalue weighted by molar-refractivity contribution is 9.10. The summed E-state index contributed by atoms with van der Waals surface area (Å²) < 4.78 is 40.1. The van der Waals surface area contributed by atoms with Crippen molar-refractivity contribution in [1.29, 1.82) is 0 Å². The second-order valence-electron chi connectivity index (χ2n) is 4.13. The Morgan fingerprint density at radius 1 is 1.00 bits per heavy atom. The Kier molecular flexibility index (Phi) is 4.75. The number of halogens is 5. The number of rotatable bonds is 3. The third-order valence-electron chi connectivity index (χ3n) is 2.71. The first kappa shape index (κ1) is 15.4. The van der Waals surface area contributed by atoms with Crippen LogP contribution in [0.2, 0.25) is 0 Å². The topological polar surface area (TPSA) is 12.0 Å². The van der Waals surface area contributed by atoms with Gasteiger partial charge >= 0.3 is 6.18 Å². The monoisotopic (exact) mass is 407 g/mol. The zero-order valence-corrected chi connectivity index (χ0v) is 13.3. The predicted molar refractivity (Wildman–Crippen MR) is 80.6 cm³/mol. The first-order valence-electron chi connectivity index (χ1n) is 5.72. The van der Waals surface area contributed by atoms with Crippen LogP contribution in [0.15, 0.2) is 51.4 Å². The van der Waals surface area contributed by atoms with Crippen molar-refractivity contribution < 1.29 is 13.2 Å². The van der Waals surface area contributed by atoms with Crippen molar-refractivity contribution >= 4 is 37.5 Å². The summed E-state index contributed by atoms with van der Waals surface area (Å²) in [5.41, 5.74) is 0.277. The molecule has 0 atom stereocenters. The Balaban J connectivity index is 2.24. The molecule has 0 heterocycles. The molecule has 106 valence electrons. The van der Waals surface area contributed by atoms with Crippen molar-refractivity contribution in [2.24, 2.45) is 0 Å². The molecular formula is C14H10Br2F3N. The second-order valence-corrected chi connectivity index (χ2v) is 5.90. The van der Waals surface area contributed by atoms with Crippen molar-refractivity contribution in [2.45, 2.75) is 12.7 Å². The van der Waals surface area contributed by atoms with Gasteiger partial charge in [-0.1, -0.05) is 50.1 Å². The van der Waals surface area contributed by atoms with E-state index in [9.17, 15) is 13.2 Å². The molecule has 0 radical (unpaired) electrons. The normalized spacial score (nSPS) is 11.4. The van der Waals surface area contributed by atoms with Gasteiger partial charge in [-0.05, 0) is 29.8 Å². The van der Waals surface area contributed by atoms with E-state index in [1.165, 1.54) is 6.07 Å². The second kappa shape index (κ2) is 6.18. The van der Waals surface area contributed by atoms with Crippen molar-refractivity contribution in [3.05, 3.63) is 62.5 Å². The SMILES string of the molecule is FC(F)(F)c1cc(Br)ccc1NCc1ccccc1Br. The molecule has 2 rings (SSSR count). The first-order valence-corrected chi connectivity index (χ1v) is 7.30. The van der Waals surface area contributed by atoms with Crippen LogP contribution in [0.4, 0.5) is 18.9 Å². The van der Waals surface area contributed by atoms with Gasteiger partial charge in [0.2, 0.25) is 0 Å². The Hall–Kier alpha value is -1.01. The average Bonchev–Trinajstić information content (AvgIpc) is 2.38. The van der Waals surface area contributed by atoms with E-state index >= 15 is 0 Å². The fraction of sp³-hybridized carbons (Fsp3) is 0.143. The molecule has 0 fully saturated rings. The molecule has 2 aromatic rings. The lowest BCUT2D eigenvalue weighted by Crippen LogP contribution is -2.11. The molecule has 0 aliphatic carbocycles. The van der Waals surface area contributed by atoms with Crippen LogP contribution in [0.1, 0.15) is 11.1 Å². The summed E-state index contributed by atoms with van der Waals surface area (Å²) >= 11 is 6.43. The molecule has 0 saturated heterocycles. The van der Waals surface area contributed by atoms with Crippen LogP contribution in [-0.4, -0.2) is 0 Å². The fourth-order valence-corrected chi connectivity index (χ4v) is 2.52. The van der Waals surface area contributed by atoms with Gasteiger partial charge < -0.3 is 5.32 Å². The van der Waals surface area contributed by atoms with Crippen molar-refractivity contribution in [1.82, 2.24) is 0 Å². The van der Waals surface area contributed by atoms with Crippen molar-refractivity contribution in [2.75, 3.05) is 5.32 Å². The van der Waals surface area contributed by atoms with Crippen molar-refractivity contribution in [3.63, 3.8) is 0 Å². The first-order chi connectivity index (χ1) is 9.38. The Morgan fingerprint density at radius 3 is 2.35 bits per heavy atom. The Morgan fingerprint density at radius 2 is 1.70 bits per heavy atom. The molecule has 0 spiro atoms. The summed E-state index contributed by atoms with van der Waals surface area (Å²) in [4.78, 5) is 0. The predicted octanol–water partition coefficient (Wildman–Crippen LogP) is 5.84. The zero-order valence-electron chi connectivity index (χ0n) is 10.1. The average molecular weight is 409 g/mol. The van der Waals surface area contributed by atoms with E-state index in [4.69, 9.17) is 0 Å². The molecule has 0 aliphatic rings. The van der Waals surface area contributed by atoms with Crippen LogP contribution >= 0.6 is 31.9 Å². The molecule has 0 aromatic heterocycles. The van der Waals surface area contributed by atoms with Crippen LogP contribution in [0.5, 0.6) is 0 Å². The minimum Gasteiger partial charge on any atom is -0.380 e. The lowest BCUT2D eigenvalue weighted by atomic mass is 10.1. The summed E-state index contributed by atoms with van der Waals surface area (Å²) in [6.07, 6.45) is -4.39. The van der Waals surface area contributed by atoms with Gasteiger partial charge in [0.05, 0.1) is 5.56 Å². The number of anilines is 1. The minimum atomic E-state index is -4.39. The summed E-state index contributed by atoms with van der Waals surface area (Å²) in [5, 5.41) is 2.83. The van der Waals surface area contributed by atoms with E-state index in [0.29, 0.717) is 11.0 Å². The molecule has 0 amide bonds. The molecule has 0 bridgehead atoms. The molecular weight excluding hydrogens is 399 g/mol. The number of hydrogen-bond acceptors (Lipinski definition) is 1. The highest BCUT2D eigenvalue weighted by Gasteiger charge is 2.33. The zero-order chi connectivity index (χ0) is 14.8. The minimum absolute atomic E-state index is 0.0662. The van der Waals surface area contributed by atoms with Gasteiger partial charge in [0.25, 0.3) is 0 Å². The summed E-state index contributed by atoms with van der Waals surface area (Å²) in [6.45, 7) is 0.312. The summed E-state index contributed by atoms with van der Waals surface area (Å²) in [5.74, 6) is 0. The van der Waals surface area contributed by atoms with E-state index < -0.39 is 11.7 Å². The van der Waals surface area contributed by atoms with Gasteiger partial charge in [-0.15, -0.1) is 0 Å².